The van der Waals surface area contributed by atoms with E-state index in [1.54, 1.807) is 32.4 Å². The Balaban J connectivity index is 1.96. The standard InChI is InChI=1S/C20H21N3O3S/c1-12-17(18(23-20(27)21-12)13-7-5-4-6-8-13)19(24)22-15-11-14(25-2)9-10-16(15)26-3/h4-11,18H,1-3H3,(H,22,24)(H2,21,23,27). The quantitative estimate of drug-likeness (QED) is 0.689. The van der Waals surface area contributed by atoms with Crippen molar-refractivity contribution in [2.75, 3.05) is 19.5 Å². The summed E-state index contributed by atoms with van der Waals surface area (Å²) in [6.45, 7) is 1.83. The zero-order valence-electron chi connectivity index (χ0n) is 15.3. The van der Waals surface area contributed by atoms with Crippen LogP contribution in [0.2, 0.25) is 0 Å². The molecule has 0 saturated heterocycles. The number of rotatable bonds is 5. The Hall–Kier alpha value is -3.06. The van der Waals surface area contributed by atoms with E-state index >= 15 is 0 Å². The first-order chi connectivity index (χ1) is 13.0. The van der Waals surface area contributed by atoms with Crippen molar-refractivity contribution in [1.29, 1.82) is 0 Å². The van der Waals surface area contributed by atoms with Gasteiger partial charge in [-0.3, -0.25) is 4.79 Å². The fraction of sp³-hybridized carbons (Fsp3) is 0.200. The summed E-state index contributed by atoms with van der Waals surface area (Å²) in [6.07, 6.45) is 0. The first-order valence-electron chi connectivity index (χ1n) is 8.40. The van der Waals surface area contributed by atoms with Crippen molar-refractivity contribution in [3.8, 4) is 11.5 Å². The topological polar surface area (TPSA) is 71.6 Å². The van der Waals surface area contributed by atoms with E-state index < -0.39 is 0 Å². The van der Waals surface area contributed by atoms with E-state index in [0.717, 1.165) is 5.56 Å². The van der Waals surface area contributed by atoms with Crippen molar-refractivity contribution in [3.05, 3.63) is 65.4 Å². The predicted molar refractivity (Wildman–Crippen MR) is 109 cm³/mol. The number of nitrogens with one attached hydrogen (secondary N) is 3. The molecule has 2 aromatic rings. The Morgan fingerprint density at radius 2 is 1.85 bits per heavy atom. The molecule has 7 heteroatoms. The maximum atomic E-state index is 13.1. The summed E-state index contributed by atoms with van der Waals surface area (Å²) >= 11 is 5.28. The van der Waals surface area contributed by atoms with Crippen LogP contribution in [0.3, 0.4) is 0 Å². The van der Waals surface area contributed by atoms with Crippen molar-refractivity contribution in [2.45, 2.75) is 13.0 Å². The Labute approximate surface area is 163 Å². The molecule has 6 nitrogen and oxygen atoms in total. The zero-order chi connectivity index (χ0) is 19.4. The van der Waals surface area contributed by atoms with Crippen LogP contribution in [-0.4, -0.2) is 25.2 Å². The number of benzene rings is 2. The molecule has 1 amide bonds. The number of amides is 1. The summed E-state index contributed by atoms with van der Waals surface area (Å²) < 4.78 is 10.6. The number of hydrogen-bond acceptors (Lipinski definition) is 4. The van der Waals surface area contributed by atoms with Gasteiger partial charge in [-0.25, -0.2) is 0 Å². The molecule has 3 N–H and O–H groups in total. The van der Waals surface area contributed by atoms with E-state index in [9.17, 15) is 4.79 Å². The second kappa shape index (κ2) is 8.09. The minimum absolute atomic E-state index is 0.254. The van der Waals surface area contributed by atoms with Crippen molar-refractivity contribution in [3.63, 3.8) is 0 Å². The van der Waals surface area contributed by atoms with E-state index in [2.05, 4.69) is 16.0 Å². The summed E-state index contributed by atoms with van der Waals surface area (Å²) in [4.78, 5) is 13.1. The van der Waals surface area contributed by atoms with Crippen molar-refractivity contribution in [2.24, 2.45) is 0 Å². The molecular formula is C20H21N3O3S. The van der Waals surface area contributed by atoms with E-state index in [0.29, 0.717) is 33.6 Å². The molecule has 1 heterocycles. The number of ether oxygens (including phenoxy) is 2. The highest BCUT2D eigenvalue weighted by Crippen LogP contribution is 2.32. The molecule has 2 aromatic carbocycles. The molecule has 3 rings (SSSR count). The van der Waals surface area contributed by atoms with Gasteiger partial charge in [0.15, 0.2) is 5.11 Å². The second-order valence-electron chi connectivity index (χ2n) is 6.00. The Kier molecular flexibility index (Phi) is 5.61. The fourth-order valence-electron chi connectivity index (χ4n) is 2.99. The summed E-state index contributed by atoms with van der Waals surface area (Å²) in [5.41, 5.74) is 2.73. The van der Waals surface area contributed by atoms with Crippen molar-refractivity contribution in [1.82, 2.24) is 10.6 Å². The third-order valence-corrected chi connectivity index (χ3v) is 4.52. The Morgan fingerprint density at radius 1 is 1.11 bits per heavy atom. The number of carbonyl (C=O) groups is 1. The summed E-state index contributed by atoms with van der Waals surface area (Å²) in [5.74, 6) is 0.916. The molecule has 27 heavy (non-hydrogen) atoms. The van der Waals surface area contributed by atoms with Gasteiger partial charge in [-0.05, 0) is 36.8 Å². The van der Waals surface area contributed by atoms with Gasteiger partial charge in [-0.1, -0.05) is 30.3 Å². The van der Waals surface area contributed by atoms with Gasteiger partial charge in [0.1, 0.15) is 11.5 Å². The van der Waals surface area contributed by atoms with Crippen LogP contribution in [-0.2, 0) is 4.79 Å². The lowest BCUT2D eigenvalue weighted by molar-refractivity contribution is -0.113. The predicted octanol–water partition coefficient (Wildman–Crippen LogP) is 3.14. The van der Waals surface area contributed by atoms with E-state index in [4.69, 9.17) is 21.7 Å². The molecular weight excluding hydrogens is 362 g/mol. The number of thiocarbonyl (C=S) groups is 1. The van der Waals surface area contributed by atoms with Crippen LogP contribution in [0.15, 0.2) is 59.8 Å². The maximum Gasteiger partial charge on any atom is 0.255 e. The highest BCUT2D eigenvalue weighted by atomic mass is 32.1. The highest BCUT2D eigenvalue weighted by Gasteiger charge is 2.30. The monoisotopic (exact) mass is 383 g/mol. The smallest absolute Gasteiger partial charge is 0.255 e. The van der Waals surface area contributed by atoms with Gasteiger partial charge in [-0.15, -0.1) is 0 Å². The Morgan fingerprint density at radius 3 is 2.52 bits per heavy atom. The van der Waals surface area contributed by atoms with Gasteiger partial charge in [0, 0.05) is 11.8 Å². The molecule has 0 aromatic heterocycles. The molecule has 1 atom stereocenters. The molecule has 0 spiro atoms. The first-order valence-corrected chi connectivity index (χ1v) is 8.81. The molecule has 140 valence electrons. The van der Waals surface area contributed by atoms with Crippen LogP contribution in [0.5, 0.6) is 11.5 Å². The summed E-state index contributed by atoms with van der Waals surface area (Å²) in [6, 6.07) is 14.6. The molecule has 1 unspecified atom stereocenters. The van der Waals surface area contributed by atoms with Crippen LogP contribution in [0.4, 0.5) is 5.69 Å². The molecule has 1 aliphatic rings. The van der Waals surface area contributed by atoms with Gasteiger partial charge in [0.2, 0.25) is 0 Å². The fourth-order valence-corrected chi connectivity index (χ4v) is 3.26. The number of hydrogen-bond donors (Lipinski definition) is 3. The number of methoxy groups -OCH3 is 2. The zero-order valence-corrected chi connectivity index (χ0v) is 16.1. The SMILES string of the molecule is COc1ccc(OC)c(NC(=O)C2=C(C)NC(=S)NC2c2ccccc2)c1. The van der Waals surface area contributed by atoms with E-state index in [1.807, 2.05) is 37.3 Å². The third-order valence-electron chi connectivity index (χ3n) is 4.30. The normalized spacial score (nSPS) is 16.3. The van der Waals surface area contributed by atoms with Crippen LogP contribution < -0.4 is 25.4 Å². The molecule has 0 aliphatic carbocycles. The summed E-state index contributed by atoms with van der Waals surface area (Å²) in [5, 5.41) is 9.62. The molecule has 0 bridgehead atoms. The molecule has 0 saturated carbocycles. The molecule has 0 fully saturated rings. The highest BCUT2D eigenvalue weighted by molar-refractivity contribution is 7.80. The first kappa shape index (κ1) is 18.7. The molecule has 1 aliphatic heterocycles. The lowest BCUT2D eigenvalue weighted by Crippen LogP contribution is -2.45. The number of allylic oxidation sites excluding steroid dienone is 1. The third kappa shape index (κ3) is 4.03. The van der Waals surface area contributed by atoms with Gasteiger partial charge in [0.05, 0.1) is 31.5 Å². The number of anilines is 1. The average Bonchev–Trinajstić information content (AvgIpc) is 2.67. The minimum atomic E-state index is -0.350. The van der Waals surface area contributed by atoms with E-state index in [1.165, 1.54) is 0 Å². The van der Waals surface area contributed by atoms with Gasteiger partial charge >= 0.3 is 0 Å². The van der Waals surface area contributed by atoms with Crippen molar-refractivity contribution >= 4 is 28.9 Å². The van der Waals surface area contributed by atoms with Gasteiger partial charge in [-0.2, -0.15) is 0 Å². The lowest BCUT2D eigenvalue weighted by Gasteiger charge is -2.30. The number of carbonyl (C=O) groups excluding carboxylic acids is 1. The van der Waals surface area contributed by atoms with Gasteiger partial charge < -0.3 is 25.4 Å². The maximum absolute atomic E-state index is 13.1. The van der Waals surface area contributed by atoms with Gasteiger partial charge in [0.25, 0.3) is 5.91 Å². The second-order valence-corrected chi connectivity index (χ2v) is 6.41. The Bertz CT molecular complexity index is 897. The summed E-state index contributed by atoms with van der Waals surface area (Å²) in [7, 11) is 3.12. The lowest BCUT2D eigenvalue weighted by atomic mass is 9.95. The van der Waals surface area contributed by atoms with Crippen LogP contribution in [0, 0.1) is 0 Å². The van der Waals surface area contributed by atoms with Crippen LogP contribution >= 0.6 is 12.2 Å². The largest absolute Gasteiger partial charge is 0.497 e. The van der Waals surface area contributed by atoms with Crippen molar-refractivity contribution < 1.29 is 14.3 Å². The minimum Gasteiger partial charge on any atom is -0.497 e. The molecule has 0 radical (unpaired) electrons. The van der Waals surface area contributed by atoms with Crippen LogP contribution in [0.1, 0.15) is 18.5 Å². The van der Waals surface area contributed by atoms with E-state index in [-0.39, 0.29) is 11.9 Å². The van der Waals surface area contributed by atoms with Crippen LogP contribution in [0.25, 0.3) is 0 Å². The average molecular weight is 383 g/mol.